The van der Waals surface area contributed by atoms with Gasteiger partial charge < -0.3 is 14.8 Å². The lowest BCUT2D eigenvalue weighted by molar-refractivity contribution is -0.384. The monoisotopic (exact) mass is 516 g/mol. The quantitative estimate of drug-likeness (QED) is 0.186. The number of H-pyrrole nitrogens is 1. The van der Waals surface area contributed by atoms with E-state index in [1.165, 1.54) is 35.1 Å². The zero-order valence-electron chi connectivity index (χ0n) is 20.1. The Morgan fingerprint density at radius 2 is 1.47 bits per heavy atom. The topological polar surface area (TPSA) is 146 Å². The van der Waals surface area contributed by atoms with Crippen molar-refractivity contribution in [3.05, 3.63) is 128 Å². The Morgan fingerprint density at radius 3 is 2.05 bits per heavy atom. The van der Waals surface area contributed by atoms with Crippen molar-refractivity contribution in [2.75, 3.05) is 0 Å². The van der Waals surface area contributed by atoms with Crippen molar-refractivity contribution in [2.24, 2.45) is 0 Å². The first kappa shape index (κ1) is 25.9. The zero-order chi connectivity index (χ0) is 26.9. The second kappa shape index (κ2) is 12.2. The number of benzene rings is 3. The Balaban J connectivity index is 1.48. The maximum atomic E-state index is 13.0. The molecule has 0 fully saturated rings. The van der Waals surface area contributed by atoms with Crippen LogP contribution in [0.2, 0.25) is 0 Å². The summed E-state index contributed by atoms with van der Waals surface area (Å²) >= 11 is 0. The van der Waals surface area contributed by atoms with Crippen LogP contribution in [0, 0.1) is 10.1 Å². The highest BCUT2D eigenvalue weighted by molar-refractivity contribution is 5.81. The van der Waals surface area contributed by atoms with Crippen LogP contribution < -0.4 is 10.9 Å². The number of alkyl carbamates (subject to hydrolysis) is 1. The molecule has 2 N–H and O–H groups in total. The van der Waals surface area contributed by atoms with Gasteiger partial charge in [-0.25, -0.2) is 14.3 Å². The molecule has 0 radical (unpaired) electrons. The standard InChI is InChI=1S/C27H24N4O7/c32-25-21(16-28-30(25)22-11-13-23(14-12-22)31(35)36)15-24(26(33)37-17-19-7-3-1-4-8-19)29-27(34)38-18-20-9-5-2-6-10-20/h1-14,16,24,28H,15,17-18H2,(H,29,34)/t24-/m0/s1. The third kappa shape index (κ3) is 6.72. The third-order valence-corrected chi connectivity index (χ3v) is 5.60. The number of amides is 1. The van der Waals surface area contributed by atoms with Gasteiger partial charge in [-0.15, -0.1) is 0 Å². The Bertz CT molecular complexity index is 1450. The number of non-ortho nitro benzene ring substituents is 1. The van der Waals surface area contributed by atoms with Crippen molar-refractivity contribution < 1.29 is 24.0 Å². The minimum atomic E-state index is -1.21. The van der Waals surface area contributed by atoms with Gasteiger partial charge in [0.25, 0.3) is 11.2 Å². The highest BCUT2D eigenvalue weighted by atomic mass is 16.6. The van der Waals surface area contributed by atoms with Crippen molar-refractivity contribution >= 4 is 17.7 Å². The van der Waals surface area contributed by atoms with Crippen molar-refractivity contribution in [2.45, 2.75) is 25.7 Å². The number of nitrogens with zero attached hydrogens (tertiary/aromatic N) is 2. The van der Waals surface area contributed by atoms with Crippen LogP contribution in [0.4, 0.5) is 10.5 Å². The van der Waals surface area contributed by atoms with E-state index in [4.69, 9.17) is 9.47 Å². The fourth-order valence-corrected chi connectivity index (χ4v) is 3.62. The van der Waals surface area contributed by atoms with E-state index in [1.54, 1.807) is 36.4 Å². The Labute approximate surface area is 216 Å². The Morgan fingerprint density at radius 1 is 0.895 bits per heavy atom. The average molecular weight is 517 g/mol. The molecule has 11 heteroatoms. The SMILES string of the molecule is O=C(N[C@@H](Cc1c[nH]n(-c2ccc([N+](=O)[O-])cc2)c1=O)C(=O)OCc1ccccc1)OCc1ccccc1. The predicted molar refractivity (Wildman–Crippen MR) is 137 cm³/mol. The molecule has 0 saturated heterocycles. The van der Waals surface area contributed by atoms with Gasteiger partial charge in [-0.2, -0.15) is 0 Å². The number of aromatic amines is 1. The first-order chi connectivity index (χ1) is 18.4. The number of carbonyl (C=O) groups is 2. The van der Waals surface area contributed by atoms with E-state index in [2.05, 4.69) is 10.4 Å². The number of ether oxygens (including phenoxy) is 2. The number of nitrogens with one attached hydrogen (secondary N) is 2. The molecule has 0 saturated carbocycles. The van der Waals surface area contributed by atoms with Crippen molar-refractivity contribution in [3.8, 4) is 5.69 Å². The highest BCUT2D eigenvalue weighted by Gasteiger charge is 2.26. The molecule has 11 nitrogen and oxygen atoms in total. The summed E-state index contributed by atoms with van der Waals surface area (Å²) in [7, 11) is 0. The van der Waals surface area contributed by atoms with Crippen LogP contribution in [0.5, 0.6) is 0 Å². The number of hydrogen-bond donors (Lipinski definition) is 2. The molecule has 0 aliphatic carbocycles. The molecule has 1 aromatic heterocycles. The van der Waals surface area contributed by atoms with Crippen LogP contribution in [-0.4, -0.2) is 32.8 Å². The van der Waals surface area contributed by atoms with Gasteiger partial charge >= 0.3 is 12.1 Å². The third-order valence-electron chi connectivity index (χ3n) is 5.60. The lowest BCUT2D eigenvalue weighted by atomic mass is 10.1. The molecule has 0 bridgehead atoms. The summed E-state index contributed by atoms with van der Waals surface area (Å²) in [5, 5.41) is 16.2. The van der Waals surface area contributed by atoms with Crippen LogP contribution in [-0.2, 0) is 33.9 Å². The molecular formula is C27H24N4O7. The molecule has 1 atom stereocenters. The van der Waals surface area contributed by atoms with Crippen molar-refractivity contribution in [1.82, 2.24) is 15.1 Å². The van der Waals surface area contributed by atoms with Gasteiger partial charge in [-0.05, 0) is 23.3 Å². The molecular weight excluding hydrogens is 492 g/mol. The summed E-state index contributed by atoms with van der Waals surface area (Å²) in [6.07, 6.45) is 0.378. The fourth-order valence-electron chi connectivity index (χ4n) is 3.62. The van der Waals surface area contributed by atoms with E-state index >= 15 is 0 Å². The minimum Gasteiger partial charge on any atom is -0.459 e. The summed E-state index contributed by atoms with van der Waals surface area (Å²) in [5.74, 6) is -0.743. The summed E-state index contributed by atoms with van der Waals surface area (Å²) in [4.78, 5) is 48.8. The van der Waals surface area contributed by atoms with Gasteiger partial charge in [0.15, 0.2) is 0 Å². The first-order valence-electron chi connectivity index (χ1n) is 11.6. The lowest BCUT2D eigenvalue weighted by Crippen LogP contribution is -2.44. The summed E-state index contributed by atoms with van der Waals surface area (Å²) in [5.41, 5.74) is 1.47. The van der Waals surface area contributed by atoms with Gasteiger partial charge in [0.2, 0.25) is 0 Å². The number of aromatic nitrogens is 2. The number of nitro benzene ring substituents is 1. The number of rotatable bonds is 10. The summed E-state index contributed by atoms with van der Waals surface area (Å²) in [6, 6.07) is 22.2. The van der Waals surface area contributed by atoms with Crippen molar-refractivity contribution in [1.29, 1.82) is 0 Å². The predicted octanol–water partition coefficient (Wildman–Crippen LogP) is 3.65. The van der Waals surface area contributed by atoms with E-state index in [0.29, 0.717) is 5.69 Å². The van der Waals surface area contributed by atoms with Gasteiger partial charge in [0.05, 0.1) is 10.6 Å². The zero-order valence-corrected chi connectivity index (χ0v) is 20.1. The highest BCUT2D eigenvalue weighted by Crippen LogP contribution is 2.14. The normalized spacial score (nSPS) is 11.4. The lowest BCUT2D eigenvalue weighted by Gasteiger charge is -2.17. The summed E-state index contributed by atoms with van der Waals surface area (Å²) in [6.45, 7) is -0.0212. The number of nitro groups is 1. The Hall–Kier alpha value is -5.19. The molecule has 38 heavy (non-hydrogen) atoms. The summed E-state index contributed by atoms with van der Waals surface area (Å²) < 4.78 is 11.8. The van der Waals surface area contributed by atoms with E-state index < -0.39 is 28.6 Å². The fraction of sp³-hybridized carbons (Fsp3) is 0.148. The minimum absolute atomic E-state index is 0.00440. The molecule has 1 amide bonds. The molecule has 0 aliphatic heterocycles. The maximum absolute atomic E-state index is 13.0. The van der Waals surface area contributed by atoms with Crippen LogP contribution in [0.3, 0.4) is 0 Å². The molecule has 194 valence electrons. The molecule has 0 spiro atoms. The van der Waals surface area contributed by atoms with Crippen LogP contribution in [0.1, 0.15) is 16.7 Å². The van der Waals surface area contributed by atoms with E-state index in [-0.39, 0.29) is 30.9 Å². The van der Waals surface area contributed by atoms with E-state index in [9.17, 15) is 24.5 Å². The molecule has 0 aliphatic rings. The molecule has 0 unspecified atom stereocenters. The van der Waals surface area contributed by atoms with Crippen molar-refractivity contribution in [3.63, 3.8) is 0 Å². The second-order valence-corrected chi connectivity index (χ2v) is 8.27. The number of esters is 1. The van der Waals surface area contributed by atoms with E-state index in [0.717, 1.165) is 11.1 Å². The molecule has 1 heterocycles. The van der Waals surface area contributed by atoms with Gasteiger partial charge in [0.1, 0.15) is 19.3 Å². The van der Waals surface area contributed by atoms with E-state index in [1.807, 2.05) is 24.3 Å². The molecule has 4 aromatic rings. The van der Waals surface area contributed by atoms with Gasteiger partial charge in [-0.1, -0.05) is 60.7 Å². The maximum Gasteiger partial charge on any atom is 0.408 e. The number of hydrogen-bond acceptors (Lipinski definition) is 7. The Kier molecular flexibility index (Phi) is 8.29. The largest absolute Gasteiger partial charge is 0.459 e. The molecule has 4 rings (SSSR count). The second-order valence-electron chi connectivity index (χ2n) is 8.27. The van der Waals surface area contributed by atoms with Crippen LogP contribution in [0.15, 0.2) is 95.9 Å². The van der Waals surface area contributed by atoms with Gasteiger partial charge in [0, 0.05) is 30.3 Å². The van der Waals surface area contributed by atoms with Crippen LogP contribution in [0.25, 0.3) is 5.69 Å². The van der Waals surface area contributed by atoms with Crippen LogP contribution >= 0.6 is 0 Å². The number of carbonyl (C=O) groups excluding carboxylic acids is 2. The van der Waals surface area contributed by atoms with Gasteiger partial charge in [-0.3, -0.25) is 20.0 Å². The first-order valence-corrected chi connectivity index (χ1v) is 11.6. The smallest absolute Gasteiger partial charge is 0.408 e. The average Bonchev–Trinajstić information content (AvgIpc) is 3.31. The molecule has 3 aromatic carbocycles.